The van der Waals surface area contributed by atoms with Gasteiger partial charge < -0.3 is 10.2 Å². The molecule has 0 spiro atoms. The molecule has 1 N–H and O–H groups in total. The van der Waals surface area contributed by atoms with E-state index in [2.05, 4.69) is 35.5 Å². The van der Waals surface area contributed by atoms with E-state index in [1.54, 1.807) is 11.3 Å². The summed E-state index contributed by atoms with van der Waals surface area (Å²) in [6.45, 7) is 2.23. The van der Waals surface area contributed by atoms with Crippen molar-refractivity contribution >= 4 is 26.7 Å². The van der Waals surface area contributed by atoms with Crippen molar-refractivity contribution in [2.75, 3.05) is 25.0 Å². The number of nitrogens with zero attached hydrogens (tertiary/aromatic N) is 2. The first-order chi connectivity index (χ1) is 8.34. The molecule has 0 saturated carbocycles. The van der Waals surface area contributed by atoms with Gasteiger partial charge in [-0.2, -0.15) is 0 Å². The molecule has 1 saturated heterocycles. The van der Waals surface area contributed by atoms with Crippen LogP contribution < -0.4 is 10.2 Å². The standard InChI is InChI=1S/C13H17N3S/c1-16(10-5-4-8-14-9-10)13-15-11-6-2-3-7-12(11)17-13/h2-3,6-7,10,14H,4-5,8-9H2,1H3. The lowest BCUT2D eigenvalue weighted by Gasteiger charge is -2.31. The van der Waals surface area contributed by atoms with Crippen LogP contribution in [0.4, 0.5) is 5.13 Å². The van der Waals surface area contributed by atoms with E-state index in [0.717, 1.165) is 23.7 Å². The number of aromatic nitrogens is 1. The zero-order valence-electron chi connectivity index (χ0n) is 10.0. The quantitative estimate of drug-likeness (QED) is 0.883. The molecular weight excluding hydrogens is 230 g/mol. The van der Waals surface area contributed by atoms with E-state index in [1.165, 1.54) is 17.5 Å². The summed E-state index contributed by atoms with van der Waals surface area (Å²) in [6, 6.07) is 8.94. The van der Waals surface area contributed by atoms with Crippen LogP contribution in [-0.2, 0) is 0 Å². The SMILES string of the molecule is CN(c1nc2ccccc2s1)C1CCCNC1. The molecule has 17 heavy (non-hydrogen) atoms. The Bertz CT molecular complexity index is 469. The molecule has 2 heterocycles. The summed E-state index contributed by atoms with van der Waals surface area (Å²) in [4.78, 5) is 7.03. The third-order valence-electron chi connectivity index (χ3n) is 3.40. The number of para-hydroxylation sites is 1. The van der Waals surface area contributed by atoms with Crippen LogP contribution in [-0.4, -0.2) is 31.2 Å². The van der Waals surface area contributed by atoms with Crippen LogP contribution in [0.5, 0.6) is 0 Å². The van der Waals surface area contributed by atoms with Crippen LogP contribution in [0.3, 0.4) is 0 Å². The van der Waals surface area contributed by atoms with Gasteiger partial charge in [0.2, 0.25) is 0 Å². The van der Waals surface area contributed by atoms with Gasteiger partial charge in [-0.05, 0) is 31.5 Å². The lowest BCUT2D eigenvalue weighted by atomic mass is 10.1. The van der Waals surface area contributed by atoms with Gasteiger partial charge in [0.1, 0.15) is 0 Å². The van der Waals surface area contributed by atoms with Crippen LogP contribution in [0.2, 0.25) is 0 Å². The van der Waals surface area contributed by atoms with E-state index in [0.29, 0.717) is 6.04 Å². The summed E-state index contributed by atoms with van der Waals surface area (Å²) in [7, 11) is 2.16. The van der Waals surface area contributed by atoms with Crippen molar-refractivity contribution in [2.24, 2.45) is 0 Å². The molecule has 0 bridgehead atoms. The Hall–Kier alpha value is -1.13. The average Bonchev–Trinajstić information content (AvgIpc) is 2.82. The second-order valence-electron chi connectivity index (χ2n) is 4.58. The van der Waals surface area contributed by atoms with Crippen molar-refractivity contribution in [2.45, 2.75) is 18.9 Å². The Morgan fingerprint density at radius 1 is 1.41 bits per heavy atom. The molecule has 0 radical (unpaired) electrons. The zero-order chi connectivity index (χ0) is 11.7. The highest BCUT2D eigenvalue weighted by molar-refractivity contribution is 7.22. The number of hydrogen-bond acceptors (Lipinski definition) is 4. The van der Waals surface area contributed by atoms with Crippen molar-refractivity contribution < 1.29 is 0 Å². The fraction of sp³-hybridized carbons (Fsp3) is 0.462. The first kappa shape index (κ1) is 11.0. The topological polar surface area (TPSA) is 28.2 Å². The summed E-state index contributed by atoms with van der Waals surface area (Å²) < 4.78 is 1.28. The van der Waals surface area contributed by atoms with Gasteiger partial charge in [-0.25, -0.2) is 4.98 Å². The van der Waals surface area contributed by atoms with Gasteiger partial charge in [-0.1, -0.05) is 23.5 Å². The molecular formula is C13H17N3S. The van der Waals surface area contributed by atoms with E-state index < -0.39 is 0 Å². The third kappa shape index (κ3) is 2.15. The number of benzene rings is 1. The molecule has 1 fully saturated rings. The zero-order valence-corrected chi connectivity index (χ0v) is 10.8. The van der Waals surface area contributed by atoms with Crippen molar-refractivity contribution in [3.63, 3.8) is 0 Å². The molecule has 2 aromatic rings. The summed E-state index contributed by atoms with van der Waals surface area (Å²) in [5.41, 5.74) is 1.11. The van der Waals surface area contributed by atoms with Gasteiger partial charge in [0, 0.05) is 19.6 Å². The number of hydrogen-bond donors (Lipinski definition) is 1. The van der Waals surface area contributed by atoms with Crippen molar-refractivity contribution in [3.8, 4) is 0 Å². The second-order valence-corrected chi connectivity index (χ2v) is 5.58. The number of nitrogens with one attached hydrogen (secondary N) is 1. The molecule has 1 aliphatic heterocycles. The van der Waals surface area contributed by atoms with E-state index in [1.807, 2.05) is 6.07 Å². The lowest BCUT2D eigenvalue weighted by Crippen LogP contribution is -2.44. The van der Waals surface area contributed by atoms with E-state index in [-0.39, 0.29) is 0 Å². The Morgan fingerprint density at radius 2 is 2.29 bits per heavy atom. The van der Waals surface area contributed by atoms with Crippen LogP contribution in [0, 0.1) is 0 Å². The predicted octanol–water partition coefficient (Wildman–Crippen LogP) is 2.48. The van der Waals surface area contributed by atoms with Crippen LogP contribution in [0.1, 0.15) is 12.8 Å². The van der Waals surface area contributed by atoms with Gasteiger partial charge in [-0.3, -0.25) is 0 Å². The maximum Gasteiger partial charge on any atom is 0.186 e. The maximum absolute atomic E-state index is 4.70. The number of likely N-dealkylation sites (N-methyl/N-ethyl adjacent to an activating group) is 1. The average molecular weight is 247 g/mol. The Morgan fingerprint density at radius 3 is 3.06 bits per heavy atom. The molecule has 1 aromatic heterocycles. The molecule has 4 heteroatoms. The van der Waals surface area contributed by atoms with Crippen LogP contribution in [0.15, 0.2) is 24.3 Å². The molecule has 1 unspecified atom stereocenters. The monoisotopic (exact) mass is 247 g/mol. The van der Waals surface area contributed by atoms with Gasteiger partial charge in [0.15, 0.2) is 5.13 Å². The molecule has 90 valence electrons. The van der Waals surface area contributed by atoms with Crippen LogP contribution >= 0.6 is 11.3 Å². The van der Waals surface area contributed by atoms with Crippen molar-refractivity contribution in [1.82, 2.24) is 10.3 Å². The Labute approximate surface area is 105 Å². The number of piperidine rings is 1. The van der Waals surface area contributed by atoms with E-state index in [4.69, 9.17) is 4.98 Å². The minimum absolute atomic E-state index is 0.587. The highest BCUT2D eigenvalue weighted by Crippen LogP contribution is 2.29. The molecule has 0 amide bonds. The Kier molecular flexibility index (Phi) is 2.99. The highest BCUT2D eigenvalue weighted by atomic mass is 32.1. The first-order valence-electron chi connectivity index (χ1n) is 6.14. The third-order valence-corrected chi connectivity index (χ3v) is 4.53. The second kappa shape index (κ2) is 4.63. The van der Waals surface area contributed by atoms with Gasteiger partial charge in [0.05, 0.1) is 10.2 Å². The largest absolute Gasteiger partial charge is 0.347 e. The normalized spacial score (nSPS) is 20.6. The summed E-state index contributed by atoms with van der Waals surface area (Å²) >= 11 is 1.79. The smallest absolute Gasteiger partial charge is 0.186 e. The highest BCUT2D eigenvalue weighted by Gasteiger charge is 2.20. The fourth-order valence-corrected chi connectivity index (χ4v) is 3.33. The van der Waals surface area contributed by atoms with Crippen molar-refractivity contribution in [3.05, 3.63) is 24.3 Å². The predicted molar refractivity (Wildman–Crippen MR) is 73.9 cm³/mol. The van der Waals surface area contributed by atoms with E-state index in [9.17, 15) is 0 Å². The molecule has 0 aliphatic carbocycles. The molecule has 3 nitrogen and oxygen atoms in total. The lowest BCUT2D eigenvalue weighted by molar-refractivity contribution is 0.445. The van der Waals surface area contributed by atoms with Crippen molar-refractivity contribution in [1.29, 1.82) is 0 Å². The molecule has 3 rings (SSSR count). The molecule has 1 aromatic carbocycles. The minimum Gasteiger partial charge on any atom is -0.347 e. The van der Waals surface area contributed by atoms with Gasteiger partial charge >= 0.3 is 0 Å². The van der Waals surface area contributed by atoms with E-state index >= 15 is 0 Å². The number of fused-ring (bicyclic) bond motifs is 1. The molecule has 1 aliphatic rings. The fourth-order valence-electron chi connectivity index (χ4n) is 2.33. The van der Waals surface area contributed by atoms with Crippen LogP contribution in [0.25, 0.3) is 10.2 Å². The summed E-state index contributed by atoms with van der Waals surface area (Å²) in [6.07, 6.45) is 2.53. The number of anilines is 1. The molecule has 1 atom stereocenters. The van der Waals surface area contributed by atoms with Gasteiger partial charge in [0.25, 0.3) is 0 Å². The Balaban J connectivity index is 1.86. The minimum atomic E-state index is 0.587. The number of rotatable bonds is 2. The number of thiazole rings is 1. The summed E-state index contributed by atoms with van der Waals surface area (Å²) in [5, 5.41) is 4.59. The first-order valence-corrected chi connectivity index (χ1v) is 6.95. The maximum atomic E-state index is 4.70. The van der Waals surface area contributed by atoms with Gasteiger partial charge in [-0.15, -0.1) is 0 Å². The summed E-state index contributed by atoms with van der Waals surface area (Å²) in [5.74, 6) is 0.